The van der Waals surface area contributed by atoms with E-state index in [-0.39, 0.29) is 12.4 Å². The van der Waals surface area contributed by atoms with Crippen LogP contribution in [0.4, 0.5) is 0 Å². The molecule has 0 saturated heterocycles. The Morgan fingerprint density at radius 3 is 2.43 bits per heavy atom. The maximum Gasteiger partial charge on any atom is 0.305 e. The Labute approximate surface area is 164 Å². The summed E-state index contributed by atoms with van der Waals surface area (Å²) < 4.78 is 38.8. The van der Waals surface area contributed by atoms with Crippen LogP contribution >= 0.6 is 10.8 Å². The number of hydrogen-bond donors (Lipinski definition) is 2. The van der Waals surface area contributed by atoms with Gasteiger partial charge in [-0.25, -0.2) is 3.97 Å². The SMILES string of the molecule is COC(=O)CCc1cn(S(O)(O)c2cccc(OC)c2)c2ccc(OC)cc12. The number of nitrogens with zero attached hydrogens (tertiary/aromatic N) is 1. The number of methoxy groups -OCH3 is 3. The molecule has 0 spiro atoms. The van der Waals surface area contributed by atoms with Crippen molar-refractivity contribution in [3.05, 3.63) is 54.2 Å². The van der Waals surface area contributed by atoms with Gasteiger partial charge in [0.05, 0.1) is 31.7 Å². The normalized spacial score (nSPS) is 12.0. The highest BCUT2D eigenvalue weighted by molar-refractivity contribution is 8.23. The highest BCUT2D eigenvalue weighted by Crippen LogP contribution is 2.52. The van der Waals surface area contributed by atoms with Gasteiger partial charge in [0.1, 0.15) is 11.5 Å². The second-order valence-corrected chi connectivity index (χ2v) is 8.04. The van der Waals surface area contributed by atoms with Gasteiger partial charge < -0.3 is 14.2 Å². The summed E-state index contributed by atoms with van der Waals surface area (Å²) >= 11 is 0. The van der Waals surface area contributed by atoms with Crippen LogP contribution < -0.4 is 9.47 Å². The largest absolute Gasteiger partial charge is 0.497 e. The Hall–Kier alpha value is -2.68. The van der Waals surface area contributed by atoms with Gasteiger partial charge in [-0.1, -0.05) is 16.8 Å². The molecule has 2 aromatic carbocycles. The van der Waals surface area contributed by atoms with Crippen molar-refractivity contribution < 1.29 is 28.1 Å². The van der Waals surface area contributed by atoms with Gasteiger partial charge in [-0.05, 0) is 42.3 Å². The number of hydrogen-bond acceptors (Lipinski definition) is 6. The molecule has 150 valence electrons. The van der Waals surface area contributed by atoms with Gasteiger partial charge in [0, 0.05) is 24.1 Å². The van der Waals surface area contributed by atoms with Crippen LogP contribution in [0.5, 0.6) is 11.5 Å². The molecule has 0 aliphatic carbocycles. The summed E-state index contributed by atoms with van der Waals surface area (Å²) in [6.07, 6.45) is 2.25. The number of rotatable bonds is 7. The Balaban J connectivity index is 2.12. The molecule has 0 amide bonds. The molecule has 8 heteroatoms. The fraction of sp³-hybridized carbons (Fsp3) is 0.250. The first kappa shape index (κ1) is 20.1. The smallest absolute Gasteiger partial charge is 0.305 e. The molecule has 3 rings (SSSR count). The van der Waals surface area contributed by atoms with Crippen molar-refractivity contribution in [2.24, 2.45) is 0 Å². The molecule has 7 nitrogen and oxygen atoms in total. The summed E-state index contributed by atoms with van der Waals surface area (Å²) in [5, 5.41) is 0.783. The maximum absolute atomic E-state index is 11.6. The molecule has 1 aromatic heterocycles. The van der Waals surface area contributed by atoms with Crippen LogP contribution in [-0.2, 0) is 16.0 Å². The molecule has 0 radical (unpaired) electrons. The topological polar surface area (TPSA) is 90.2 Å². The van der Waals surface area contributed by atoms with Crippen molar-refractivity contribution in [1.82, 2.24) is 3.97 Å². The fourth-order valence-corrected chi connectivity index (χ4v) is 4.48. The zero-order chi connectivity index (χ0) is 20.3. The van der Waals surface area contributed by atoms with Gasteiger partial charge in [-0.15, -0.1) is 0 Å². The molecule has 0 bridgehead atoms. The van der Waals surface area contributed by atoms with Crippen molar-refractivity contribution in [2.45, 2.75) is 17.7 Å². The third-order valence-electron chi connectivity index (χ3n) is 4.52. The minimum atomic E-state index is -3.36. The van der Waals surface area contributed by atoms with Gasteiger partial charge in [-0.2, -0.15) is 0 Å². The van der Waals surface area contributed by atoms with E-state index in [0.29, 0.717) is 28.3 Å². The van der Waals surface area contributed by atoms with E-state index in [1.807, 2.05) is 6.07 Å². The van der Waals surface area contributed by atoms with E-state index >= 15 is 0 Å². The summed E-state index contributed by atoms with van der Waals surface area (Å²) in [4.78, 5) is 11.9. The lowest BCUT2D eigenvalue weighted by molar-refractivity contribution is -0.140. The predicted molar refractivity (Wildman–Crippen MR) is 108 cm³/mol. The number of benzene rings is 2. The van der Waals surface area contributed by atoms with Crippen LogP contribution in [0.2, 0.25) is 0 Å². The molecule has 0 saturated carbocycles. The van der Waals surface area contributed by atoms with E-state index < -0.39 is 10.8 Å². The van der Waals surface area contributed by atoms with Gasteiger partial charge in [0.25, 0.3) is 0 Å². The fourth-order valence-electron chi connectivity index (χ4n) is 3.01. The summed E-state index contributed by atoms with van der Waals surface area (Å²) in [7, 11) is 1.07. The average Bonchev–Trinajstić information content (AvgIpc) is 3.10. The Kier molecular flexibility index (Phi) is 5.83. The third kappa shape index (κ3) is 3.80. The monoisotopic (exact) mass is 405 g/mol. The zero-order valence-electron chi connectivity index (χ0n) is 15.9. The molecule has 0 fully saturated rings. The van der Waals surface area contributed by atoms with Crippen molar-refractivity contribution in [1.29, 1.82) is 0 Å². The molecular weight excluding hydrogens is 382 g/mol. The van der Waals surface area contributed by atoms with E-state index in [1.165, 1.54) is 18.2 Å². The van der Waals surface area contributed by atoms with E-state index in [0.717, 1.165) is 10.9 Å². The highest BCUT2D eigenvalue weighted by Gasteiger charge is 2.23. The number of ether oxygens (including phenoxy) is 3. The molecule has 3 aromatic rings. The van der Waals surface area contributed by atoms with Crippen molar-refractivity contribution in [3.8, 4) is 11.5 Å². The van der Waals surface area contributed by atoms with Crippen molar-refractivity contribution in [2.75, 3.05) is 21.3 Å². The molecule has 0 aliphatic heterocycles. The third-order valence-corrected chi connectivity index (χ3v) is 6.26. The zero-order valence-corrected chi connectivity index (χ0v) is 16.7. The minimum absolute atomic E-state index is 0.186. The Morgan fingerprint density at radius 1 is 1.04 bits per heavy atom. The van der Waals surface area contributed by atoms with E-state index in [1.54, 1.807) is 49.7 Å². The summed E-state index contributed by atoms with van der Waals surface area (Å²) in [6, 6.07) is 12.0. The first-order valence-electron chi connectivity index (χ1n) is 8.58. The number of fused-ring (bicyclic) bond motifs is 1. The van der Waals surface area contributed by atoms with E-state index in [9.17, 15) is 13.9 Å². The van der Waals surface area contributed by atoms with Crippen LogP contribution in [0.15, 0.2) is 53.6 Å². The lowest BCUT2D eigenvalue weighted by Crippen LogP contribution is -2.08. The molecule has 0 aliphatic rings. The molecule has 28 heavy (non-hydrogen) atoms. The van der Waals surface area contributed by atoms with Gasteiger partial charge in [0.2, 0.25) is 0 Å². The van der Waals surface area contributed by atoms with Crippen molar-refractivity contribution >= 4 is 27.6 Å². The summed E-state index contributed by atoms with van der Waals surface area (Å²) in [6.45, 7) is 0. The van der Waals surface area contributed by atoms with Crippen molar-refractivity contribution in [3.63, 3.8) is 0 Å². The molecule has 0 unspecified atom stereocenters. The molecule has 2 N–H and O–H groups in total. The highest BCUT2D eigenvalue weighted by atomic mass is 32.3. The molecule has 1 heterocycles. The first-order valence-corrected chi connectivity index (χ1v) is 10.1. The number of carbonyl (C=O) groups is 1. The quantitative estimate of drug-likeness (QED) is 0.569. The number of aryl methyl sites for hydroxylation is 1. The number of aromatic nitrogens is 1. The van der Waals surface area contributed by atoms with Crippen LogP contribution in [0, 0.1) is 0 Å². The summed E-state index contributed by atoms with van der Waals surface area (Å²) in [5.74, 6) is 0.840. The minimum Gasteiger partial charge on any atom is -0.497 e. The van der Waals surface area contributed by atoms with Gasteiger partial charge in [0.15, 0.2) is 0 Å². The molecular formula is C20H23NO6S. The summed E-state index contributed by atoms with van der Waals surface area (Å²) in [5.41, 5.74) is 1.42. The maximum atomic E-state index is 11.6. The van der Waals surface area contributed by atoms with Crippen LogP contribution in [-0.4, -0.2) is 40.4 Å². The van der Waals surface area contributed by atoms with E-state index in [4.69, 9.17) is 14.2 Å². The first-order chi connectivity index (χ1) is 13.4. The van der Waals surface area contributed by atoms with Gasteiger partial charge in [-0.3, -0.25) is 13.9 Å². The average molecular weight is 405 g/mol. The van der Waals surface area contributed by atoms with Crippen LogP contribution in [0.3, 0.4) is 0 Å². The second kappa shape index (κ2) is 8.14. The molecule has 0 atom stereocenters. The predicted octanol–water partition coefficient (Wildman–Crippen LogP) is 4.34. The van der Waals surface area contributed by atoms with Gasteiger partial charge >= 0.3 is 5.97 Å². The van der Waals surface area contributed by atoms with E-state index in [2.05, 4.69) is 0 Å². The number of carbonyl (C=O) groups excluding carboxylic acids is 1. The van der Waals surface area contributed by atoms with Crippen LogP contribution in [0.25, 0.3) is 10.9 Å². The van der Waals surface area contributed by atoms with Crippen LogP contribution in [0.1, 0.15) is 12.0 Å². The Bertz CT molecular complexity index is 998. The second-order valence-electron chi connectivity index (χ2n) is 6.14. The standard InChI is InChI=1S/C20H23NO6S/c1-25-15-5-4-6-17(11-15)28(23,24)21-13-14(7-10-20(22)27-3)18-12-16(26-2)8-9-19(18)21/h4-6,8-9,11-13,23-24H,7,10H2,1-3H3. The Morgan fingerprint density at radius 2 is 1.75 bits per heavy atom. The number of esters is 1. The lowest BCUT2D eigenvalue weighted by Gasteiger charge is -2.34. The lowest BCUT2D eigenvalue weighted by atomic mass is 10.1.